The summed E-state index contributed by atoms with van der Waals surface area (Å²) in [5.74, 6) is 0. The van der Waals surface area contributed by atoms with Crippen molar-refractivity contribution in [2.75, 3.05) is 23.1 Å². The molecule has 0 atom stereocenters. The van der Waals surface area contributed by atoms with Gasteiger partial charge in [-0.15, -0.1) is 0 Å². The summed E-state index contributed by atoms with van der Waals surface area (Å²) < 4.78 is 1.15. The fourth-order valence-corrected chi connectivity index (χ4v) is 3.61. The van der Waals surface area contributed by atoms with E-state index in [0.717, 1.165) is 20.5 Å². The van der Waals surface area contributed by atoms with Gasteiger partial charge < -0.3 is 9.80 Å². The molecule has 3 aromatic rings. The highest BCUT2D eigenvalue weighted by Crippen LogP contribution is 2.26. The molecule has 0 N–H and O–H groups in total. The van der Waals surface area contributed by atoms with Crippen LogP contribution in [0.3, 0.4) is 0 Å². The zero-order chi connectivity index (χ0) is 18.6. The lowest BCUT2D eigenvalue weighted by Crippen LogP contribution is -2.58. The number of benzene rings is 3. The first-order valence-corrected chi connectivity index (χ1v) is 9.94. The topological polar surface area (TPSA) is 26.8 Å². The molecule has 0 bridgehead atoms. The van der Waals surface area contributed by atoms with E-state index in [-0.39, 0.29) is 6.03 Å². The Morgan fingerprint density at radius 3 is 2.04 bits per heavy atom. The van der Waals surface area contributed by atoms with Crippen LogP contribution < -0.4 is 9.80 Å². The largest absolute Gasteiger partial charge is 0.335 e. The number of carbonyl (C=O) groups excluding carboxylic acids is 1. The summed E-state index contributed by atoms with van der Waals surface area (Å²) in [6, 6.07) is 28.5. The second-order valence-electron chi connectivity index (χ2n) is 6.53. The molecule has 2 amide bonds. The van der Waals surface area contributed by atoms with Crippen molar-refractivity contribution in [1.82, 2.24) is 4.90 Å². The minimum absolute atomic E-state index is 0.0345. The van der Waals surface area contributed by atoms with Crippen molar-refractivity contribution in [3.63, 3.8) is 0 Å². The van der Waals surface area contributed by atoms with Crippen molar-refractivity contribution in [3.8, 4) is 0 Å². The standard InChI is InChI=1S/C22H20IN3O/c23-19-11-13-21(14-12-19)26-17-25(20-9-5-2-6-10-20)16-24(22(26)27)15-18-7-3-1-4-8-18/h1-14H,15-17H2. The number of carbonyl (C=O) groups is 1. The Labute approximate surface area is 173 Å². The third-order valence-corrected chi connectivity index (χ3v) is 5.35. The van der Waals surface area contributed by atoms with Crippen LogP contribution in [0.4, 0.5) is 16.2 Å². The fraction of sp³-hybridized carbons (Fsp3) is 0.136. The van der Waals surface area contributed by atoms with Crippen molar-refractivity contribution < 1.29 is 4.79 Å². The Morgan fingerprint density at radius 2 is 1.37 bits per heavy atom. The lowest BCUT2D eigenvalue weighted by molar-refractivity contribution is 0.193. The van der Waals surface area contributed by atoms with Gasteiger partial charge in [0.2, 0.25) is 0 Å². The highest BCUT2D eigenvalue weighted by Gasteiger charge is 2.31. The number of hydrogen-bond acceptors (Lipinski definition) is 2. The molecule has 0 spiro atoms. The molecule has 4 rings (SSSR count). The highest BCUT2D eigenvalue weighted by molar-refractivity contribution is 14.1. The van der Waals surface area contributed by atoms with E-state index in [1.165, 1.54) is 0 Å². The van der Waals surface area contributed by atoms with Gasteiger partial charge in [0.15, 0.2) is 0 Å². The predicted octanol–water partition coefficient (Wildman–Crippen LogP) is 5.16. The van der Waals surface area contributed by atoms with Crippen LogP contribution in [-0.2, 0) is 6.54 Å². The van der Waals surface area contributed by atoms with Gasteiger partial charge in [-0.05, 0) is 64.6 Å². The summed E-state index contributed by atoms with van der Waals surface area (Å²) in [5.41, 5.74) is 3.15. The second kappa shape index (κ2) is 8.00. The maximum absolute atomic E-state index is 13.2. The number of anilines is 2. The minimum atomic E-state index is 0.0345. The number of rotatable bonds is 4. The first-order valence-electron chi connectivity index (χ1n) is 8.86. The average Bonchev–Trinajstić information content (AvgIpc) is 2.72. The molecule has 0 unspecified atom stereocenters. The Morgan fingerprint density at radius 1 is 0.741 bits per heavy atom. The molecule has 5 heteroatoms. The van der Waals surface area contributed by atoms with Gasteiger partial charge in [-0.3, -0.25) is 4.90 Å². The Bertz CT molecular complexity index is 900. The number of nitrogens with zero attached hydrogens (tertiary/aromatic N) is 3. The van der Waals surface area contributed by atoms with Crippen LogP contribution in [0.5, 0.6) is 0 Å². The summed E-state index contributed by atoms with van der Waals surface area (Å²) in [7, 11) is 0. The summed E-state index contributed by atoms with van der Waals surface area (Å²) in [6.07, 6.45) is 0. The van der Waals surface area contributed by atoms with Crippen LogP contribution in [0.25, 0.3) is 0 Å². The van der Waals surface area contributed by atoms with Gasteiger partial charge >= 0.3 is 6.03 Å². The monoisotopic (exact) mass is 469 g/mol. The van der Waals surface area contributed by atoms with Gasteiger partial charge in [0.1, 0.15) is 6.67 Å². The van der Waals surface area contributed by atoms with Gasteiger partial charge in [0.05, 0.1) is 6.67 Å². The van der Waals surface area contributed by atoms with Gasteiger partial charge in [-0.1, -0.05) is 48.5 Å². The SMILES string of the molecule is O=C1N(Cc2ccccc2)CN(c2ccccc2)CN1c1ccc(I)cc1. The van der Waals surface area contributed by atoms with E-state index in [1.54, 1.807) is 0 Å². The summed E-state index contributed by atoms with van der Waals surface area (Å²) in [4.78, 5) is 19.2. The molecule has 3 aromatic carbocycles. The van der Waals surface area contributed by atoms with Crippen LogP contribution in [-0.4, -0.2) is 24.3 Å². The van der Waals surface area contributed by atoms with E-state index < -0.39 is 0 Å². The normalized spacial score (nSPS) is 14.6. The Balaban J connectivity index is 1.65. The van der Waals surface area contributed by atoms with Crippen LogP contribution in [0.15, 0.2) is 84.9 Å². The van der Waals surface area contributed by atoms with E-state index in [4.69, 9.17) is 0 Å². The van der Waals surface area contributed by atoms with E-state index in [2.05, 4.69) is 51.8 Å². The average molecular weight is 469 g/mol. The van der Waals surface area contributed by atoms with Gasteiger partial charge in [-0.2, -0.15) is 0 Å². The summed E-state index contributed by atoms with van der Waals surface area (Å²) >= 11 is 2.28. The fourth-order valence-electron chi connectivity index (χ4n) is 3.25. The molecule has 0 saturated carbocycles. The highest BCUT2D eigenvalue weighted by atomic mass is 127. The molecule has 1 fully saturated rings. The second-order valence-corrected chi connectivity index (χ2v) is 7.77. The first kappa shape index (κ1) is 17.9. The van der Waals surface area contributed by atoms with E-state index in [0.29, 0.717) is 19.9 Å². The molecule has 1 saturated heterocycles. The van der Waals surface area contributed by atoms with Gasteiger partial charge in [0.25, 0.3) is 0 Å². The third kappa shape index (κ3) is 4.08. The number of urea groups is 1. The summed E-state index contributed by atoms with van der Waals surface area (Å²) in [6.45, 7) is 1.69. The Hall–Kier alpha value is -2.54. The zero-order valence-electron chi connectivity index (χ0n) is 14.8. The van der Waals surface area contributed by atoms with Crippen LogP contribution in [0, 0.1) is 3.57 Å². The van der Waals surface area contributed by atoms with E-state index in [9.17, 15) is 4.79 Å². The number of hydrogen-bond donors (Lipinski definition) is 0. The molecule has 0 aromatic heterocycles. The van der Waals surface area contributed by atoms with Crippen LogP contribution in [0.1, 0.15) is 5.56 Å². The molecule has 1 aliphatic rings. The molecule has 1 aliphatic heterocycles. The predicted molar refractivity (Wildman–Crippen MR) is 118 cm³/mol. The molecular weight excluding hydrogens is 449 g/mol. The number of halogens is 1. The van der Waals surface area contributed by atoms with Crippen molar-refractivity contribution in [2.24, 2.45) is 0 Å². The zero-order valence-corrected chi connectivity index (χ0v) is 17.0. The maximum Gasteiger partial charge on any atom is 0.327 e. The molecular formula is C22H20IN3O. The van der Waals surface area contributed by atoms with E-state index in [1.807, 2.05) is 70.5 Å². The molecule has 136 valence electrons. The van der Waals surface area contributed by atoms with Crippen LogP contribution in [0.2, 0.25) is 0 Å². The molecule has 0 aliphatic carbocycles. The van der Waals surface area contributed by atoms with Crippen LogP contribution >= 0.6 is 22.6 Å². The van der Waals surface area contributed by atoms with E-state index >= 15 is 0 Å². The van der Waals surface area contributed by atoms with Gasteiger partial charge in [-0.25, -0.2) is 4.79 Å². The maximum atomic E-state index is 13.2. The minimum Gasteiger partial charge on any atom is -0.335 e. The Kier molecular flexibility index (Phi) is 5.29. The molecule has 27 heavy (non-hydrogen) atoms. The van der Waals surface area contributed by atoms with Gasteiger partial charge in [0, 0.05) is 21.5 Å². The molecule has 1 heterocycles. The molecule has 0 radical (unpaired) electrons. The van der Waals surface area contributed by atoms with Crippen molar-refractivity contribution in [1.29, 1.82) is 0 Å². The van der Waals surface area contributed by atoms with Crippen molar-refractivity contribution >= 4 is 40.0 Å². The number of amides is 2. The smallest absolute Gasteiger partial charge is 0.327 e. The lowest BCUT2D eigenvalue weighted by atomic mass is 10.2. The molecule has 4 nitrogen and oxygen atoms in total. The number of para-hydroxylation sites is 1. The quantitative estimate of drug-likeness (QED) is 0.494. The summed E-state index contributed by atoms with van der Waals surface area (Å²) in [5, 5.41) is 0. The first-order chi connectivity index (χ1) is 13.2. The van der Waals surface area contributed by atoms with Crippen molar-refractivity contribution in [3.05, 3.63) is 94.1 Å². The third-order valence-electron chi connectivity index (χ3n) is 4.63. The lowest BCUT2D eigenvalue weighted by Gasteiger charge is -2.43. The van der Waals surface area contributed by atoms with Crippen molar-refractivity contribution in [2.45, 2.75) is 6.54 Å².